The van der Waals surface area contributed by atoms with E-state index in [1.165, 1.54) is 0 Å². The third-order valence-corrected chi connectivity index (χ3v) is 3.90. The van der Waals surface area contributed by atoms with Gasteiger partial charge in [-0.25, -0.2) is 14.5 Å². The fraction of sp³-hybridized carbons (Fsp3) is 0.214. The van der Waals surface area contributed by atoms with Crippen molar-refractivity contribution in [3.05, 3.63) is 45.9 Å². The topological polar surface area (TPSA) is 68.0 Å². The van der Waals surface area contributed by atoms with Crippen molar-refractivity contribution < 1.29 is 9.90 Å². The number of hydrogen-bond donors (Lipinski definition) is 1. The Labute approximate surface area is 119 Å². The average molecular weight is 287 g/mol. The number of hydrogen-bond acceptors (Lipinski definition) is 4. The van der Waals surface area contributed by atoms with Crippen molar-refractivity contribution in [2.45, 2.75) is 19.9 Å². The van der Waals surface area contributed by atoms with Crippen molar-refractivity contribution in [1.82, 2.24) is 14.8 Å². The van der Waals surface area contributed by atoms with E-state index < -0.39 is 5.97 Å². The summed E-state index contributed by atoms with van der Waals surface area (Å²) in [7, 11) is 0. The molecule has 0 unspecified atom stereocenters. The van der Waals surface area contributed by atoms with E-state index >= 15 is 0 Å². The van der Waals surface area contributed by atoms with Gasteiger partial charge in [-0.3, -0.25) is 0 Å². The van der Waals surface area contributed by atoms with E-state index in [1.807, 2.05) is 18.4 Å². The van der Waals surface area contributed by atoms with Gasteiger partial charge in [-0.1, -0.05) is 6.92 Å². The van der Waals surface area contributed by atoms with Gasteiger partial charge < -0.3 is 5.11 Å². The molecule has 0 atom stereocenters. The van der Waals surface area contributed by atoms with Crippen molar-refractivity contribution in [2.24, 2.45) is 0 Å². The molecular formula is C14H13N3O2S. The van der Waals surface area contributed by atoms with Crippen LogP contribution >= 0.6 is 11.3 Å². The molecule has 0 amide bonds. The highest BCUT2D eigenvalue weighted by Gasteiger charge is 2.15. The van der Waals surface area contributed by atoms with Gasteiger partial charge in [-0.15, -0.1) is 0 Å². The monoisotopic (exact) mass is 287 g/mol. The first-order valence-corrected chi connectivity index (χ1v) is 7.23. The molecule has 1 N–H and O–H groups in total. The summed E-state index contributed by atoms with van der Waals surface area (Å²) in [6.45, 7) is 2.56. The van der Waals surface area contributed by atoms with Crippen LogP contribution in [0.15, 0.2) is 29.1 Å². The largest absolute Gasteiger partial charge is 0.478 e. The minimum Gasteiger partial charge on any atom is -0.478 e. The first-order valence-electron chi connectivity index (χ1n) is 6.29. The summed E-state index contributed by atoms with van der Waals surface area (Å²) in [4.78, 5) is 15.9. The average Bonchev–Trinajstić information content (AvgIpc) is 3.08. The van der Waals surface area contributed by atoms with Crippen molar-refractivity contribution in [1.29, 1.82) is 0 Å². The lowest BCUT2D eigenvalue weighted by Crippen LogP contribution is -2.05. The van der Waals surface area contributed by atoms with E-state index in [1.54, 1.807) is 28.3 Å². The summed E-state index contributed by atoms with van der Waals surface area (Å²) in [5, 5.41) is 18.2. The van der Waals surface area contributed by atoms with Crippen LogP contribution in [0.1, 0.15) is 28.5 Å². The zero-order valence-corrected chi connectivity index (χ0v) is 11.7. The first-order chi connectivity index (χ1) is 9.69. The van der Waals surface area contributed by atoms with E-state index in [0.717, 1.165) is 11.3 Å². The van der Waals surface area contributed by atoms with Crippen LogP contribution in [0.2, 0.25) is 0 Å². The Morgan fingerprint density at radius 1 is 1.50 bits per heavy atom. The molecule has 3 aromatic rings. The summed E-state index contributed by atoms with van der Waals surface area (Å²) >= 11 is 1.63. The van der Waals surface area contributed by atoms with Gasteiger partial charge in [-0.2, -0.15) is 16.4 Å². The first kappa shape index (κ1) is 12.8. The Bertz CT molecular complexity index is 762. The molecule has 3 heterocycles. The summed E-state index contributed by atoms with van der Waals surface area (Å²) in [5.41, 5.74) is 2.80. The minimum absolute atomic E-state index is 0.267. The predicted molar refractivity (Wildman–Crippen MR) is 77.3 cm³/mol. The van der Waals surface area contributed by atoms with Crippen LogP contribution in [0, 0.1) is 0 Å². The Kier molecular flexibility index (Phi) is 3.23. The van der Waals surface area contributed by atoms with Crippen molar-refractivity contribution in [2.75, 3.05) is 0 Å². The highest BCUT2D eigenvalue weighted by molar-refractivity contribution is 7.07. The van der Waals surface area contributed by atoms with Gasteiger partial charge >= 0.3 is 5.97 Å². The van der Waals surface area contributed by atoms with Crippen LogP contribution in [0.4, 0.5) is 0 Å². The van der Waals surface area contributed by atoms with E-state index in [2.05, 4.69) is 15.5 Å². The number of carbonyl (C=O) groups is 1. The number of pyridine rings is 1. The Morgan fingerprint density at radius 2 is 2.35 bits per heavy atom. The SMILES string of the molecule is CCc1cc(C(=O)O)c2cnn(Cc3ccsc3)c2n1. The molecule has 0 aromatic carbocycles. The Morgan fingerprint density at radius 3 is 3.00 bits per heavy atom. The van der Waals surface area contributed by atoms with Gasteiger partial charge in [0, 0.05) is 5.69 Å². The second kappa shape index (κ2) is 5.05. The third kappa shape index (κ3) is 2.18. The number of aromatic carboxylic acids is 1. The molecule has 3 rings (SSSR count). The molecule has 3 aromatic heterocycles. The normalized spacial score (nSPS) is 11.1. The summed E-state index contributed by atoms with van der Waals surface area (Å²) in [6.07, 6.45) is 2.28. The molecule has 20 heavy (non-hydrogen) atoms. The predicted octanol–water partition coefficient (Wildman–Crippen LogP) is 2.80. The highest BCUT2D eigenvalue weighted by atomic mass is 32.1. The number of thiophene rings is 1. The van der Waals surface area contributed by atoms with Crippen molar-refractivity contribution in [3.8, 4) is 0 Å². The Hall–Kier alpha value is -2.21. The third-order valence-electron chi connectivity index (χ3n) is 3.17. The maximum absolute atomic E-state index is 11.3. The van der Waals surface area contributed by atoms with E-state index in [9.17, 15) is 9.90 Å². The minimum atomic E-state index is -0.942. The van der Waals surface area contributed by atoms with Gasteiger partial charge in [0.15, 0.2) is 5.65 Å². The number of rotatable bonds is 4. The molecule has 0 aliphatic heterocycles. The van der Waals surface area contributed by atoms with Crippen LogP contribution in [-0.2, 0) is 13.0 Å². The van der Waals surface area contributed by atoms with Crippen molar-refractivity contribution >= 4 is 28.3 Å². The number of fused-ring (bicyclic) bond motifs is 1. The fourth-order valence-corrected chi connectivity index (χ4v) is 2.79. The van der Waals surface area contributed by atoms with Gasteiger partial charge in [0.2, 0.25) is 0 Å². The molecule has 0 radical (unpaired) electrons. The molecule has 0 aliphatic carbocycles. The standard InChI is InChI=1S/C14H13N3O2S/c1-2-10-5-11(14(18)19)12-6-15-17(13(12)16-10)7-9-3-4-20-8-9/h3-6,8H,2,7H2,1H3,(H,18,19). The quantitative estimate of drug-likeness (QED) is 0.801. The summed E-state index contributed by atoms with van der Waals surface area (Å²) in [5.74, 6) is -0.942. The lowest BCUT2D eigenvalue weighted by atomic mass is 10.1. The smallest absolute Gasteiger partial charge is 0.336 e. The number of aromatic nitrogens is 3. The van der Waals surface area contributed by atoms with Gasteiger partial charge in [0.1, 0.15) is 0 Å². The highest BCUT2D eigenvalue weighted by Crippen LogP contribution is 2.20. The summed E-state index contributed by atoms with van der Waals surface area (Å²) in [6, 6.07) is 3.65. The molecular weight excluding hydrogens is 274 g/mol. The molecule has 5 nitrogen and oxygen atoms in total. The van der Waals surface area contributed by atoms with Gasteiger partial charge in [0.05, 0.1) is 23.7 Å². The maximum atomic E-state index is 11.3. The number of carboxylic acid groups (broad SMARTS) is 1. The van der Waals surface area contributed by atoms with Crippen LogP contribution in [-0.4, -0.2) is 25.8 Å². The van der Waals surface area contributed by atoms with Crippen LogP contribution in [0.3, 0.4) is 0 Å². The Balaban J connectivity index is 2.15. The van der Waals surface area contributed by atoms with Crippen LogP contribution in [0.5, 0.6) is 0 Å². The molecule has 0 spiro atoms. The van der Waals surface area contributed by atoms with Gasteiger partial charge in [0.25, 0.3) is 0 Å². The molecule has 0 bridgehead atoms. The maximum Gasteiger partial charge on any atom is 0.336 e. The van der Waals surface area contributed by atoms with E-state index in [0.29, 0.717) is 24.0 Å². The van der Waals surface area contributed by atoms with Crippen molar-refractivity contribution in [3.63, 3.8) is 0 Å². The molecule has 0 saturated carbocycles. The number of aryl methyl sites for hydroxylation is 1. The zero-order valence-electron chi connectivity index (χ0n) is 10.9. The van der Waals surface area contributed by atoms with E-state index in [-0.39, 0.29) is 5.56 Å². The molecule has 0 fully saturated rings. The number of carboxylic acids is 1. The summed E-state index contributed by atoms with van der Waals surface area (Å²) < 4.78 is 1.75. The van der Waals surface area contributed by atoms with Crippen LogP contribution < -0.4 is 0 Å². The second-order valence-corrected chi connectivity index (χ2v) is 5.27. The molecule has 6 heteroatoms. The second-order valence-electron chi connectivity index (χ2n) is 4.49. The fourth-order valence-electron chi connectivity index (χ4n) is 2.13. The van der Waals surface area contributed by atoms with Crippen LogP contribution in [0.25, 0.3) is 11.0 Å². The van der Waals surface area contributed by atoms with Gasteiger partial charge in [-0.05, 0) is 34.9 Å². The zero-order chi connectivity index (χ0) is 14.1. The molecule has 0 aliphatic rings. The molecule has 0 saturated heterocycles. The lowest BCUT2D eigenvalue weighted by molar-refractivity contribution is 0.0699. The number of nitrogens with zero attached hydrogens (tertiary/aromatic N) is 3. The molecule has 102 valence electrons. The lowest BCUT2D eigenvalue weighted by Gasteiger charge is -2.04. The van der Waals surface area contributed by atoms with E-state index in [4.69, 9.17) is 0 Å².